The summed E-state index contributed by atoms with van der Waals surface area (Å²) in [4.78, 5) is 44.1. The highest BCUT2D eigenvalue weighted by Gasteiger charge is 2.63. The van der Waals surface area contributed by atoms with Gasteiger partial charge in [-0.1, -0.05) is 6.42 Å². The molecule has 3 aliphatic heterocycles. The molecule has 1 aromatic heterocycles. The highest BCUT2D eigenvalue weighted by atomic mass is 19.4. The second-order valence-electron chi connectivity index (χ2n) is 12.4. The average Bonchev–Trinajstić information content (AvgIpc) is 3.36. The Morgan fingerprint density at radius 3 is 2.33 bits per heavy atom. The van der Waals surface area contributed by atoms with Gasteiger partial charge in [-0.3, -0.25) is 14.4 Å². The van der Waals surface area contributed by atoms with Crippen molar-refractivity contribution in [2.75, 3.05) is 31.5 Å². The lowest BCUT2D eigenvalue weighted by Gasteiger charge is -2.53. The van der Waals surface area contributed by atoms with Crippen LogP contribution in [0.25, 0.3) is 0 Å². The largest absolute Gasteiger partial charge is 0.586 e. The summed E-state index contributed by atoms with van der Waals surface area (Å²) in [5.41, 5.74) is -4.09. The minimum Gasteiger partial charge on any atom is -0.496 e. The van der Waals surface area contributed by atoms with Crippen LogP contribution in [0.3, 0.4) is 0 Å². The summed E-state index contributed by atoms with van der Waals surface area (Å²) in [7, 11) is 2.64. The number of ether oxygens (including phenoxy) is 5. The first kappa shape index (κ1) is 33.5. The number of benzene rings is 1. The van der Waals surface area contributed by atoms with Crippen molar-refractivity contribution >= 4 is 29.3 Å². The third kappa shape index (κ3) is 6.26. The number of aromatic nitrogens is 1. The number of fused-ring (bicyclic) bond motifs is 4. The highest BCUT2D eigenvalue weighted by molar-refractivity contribution is 6.13. The van der Waals surface area contributed by atoms with E-state index in [-0.39, 0.29) is 72.0 Å². The quantitative estimate of drug-likeness (QED) is 0.251. The molecular weight excluding hydrogens is 651 g/mol. The molecule has 2 amide bonds. The standard InChI is InChI=1S/C31H33F5N4O8/c1-44-20-6-11-37-24(38-17-5-3-4-16(12-17)27(43)45-2)23(20)26(42)39-19-14-22-21(47-31(35,36)48-22)13-18(19)25(41)40-28-7-9-29(10-8-28,46-15-28)30(32,33)34/h6,11,13-14,16-17H,3-5,7-10,12,15H2,1-2H3,(H,37,38)(H,39,42)(H,40,41)/t16-,17+,28?,29?/m0/s1. The van der Waals surface area contributed by atoms with Crippen molar-refractivity contribution in [2.24, 2.45) is 5.92 Å². The van der Waals surface area contributed by atoms with Crippen LogP contribution in [0.2, 0.25) is 0 Å². The smallest absolute Gasteiger partial charge is 0.496 e. The second kappa shape index (κ2) is 12.2. The van der Waals surface area contributed by atoms with Gasteiger partial charge in [0, 0.05) is 18.3 Å². The molecule has 12 nitrogen and oxygen atoms in total. The van der Waals surface area contributed by atoms with Gasteiger partial charge in [-0.25, -0.2) is 4.98 Å². The summed E-state index contributed by atoms with van der Waals surface area (Å²) in [6.45, 7) is -0.414. The molecular formula is C31H33F5N4O8. The van der Waals surface area contributed by atoms with Crippen LogP contribution in [0, 0.1) is 5.92 Å². The summed E-state index contributed by atoms with van der Waals surface area (Å²) in [6.07, 6.45) is -5.59. The van der Waals surface area contributed by atoms with Gasteiger partial charge in [0.05, 0.1) is 43.5 Å². The Hall–Kier alpha value is -4.41. The van der Waals surface area contributed by atoms with E-state index in [0.717, 1.165) is 12.1 Å². The van der Waals surface area contributed by atoms with Crippen LogP contribution in [-0.4, -0.2) is 73.2 Å². The lowest BCUT2D eigenvalue weighted by molar-refractivity contribution is -0.317. The monoisotopic (exact) mass is 684 g/mol. The Morgan fingerprint density at radius 2 is 1.71 bits per heavy atom. The summed E-state index contributed by atoms with van der Waals surface area (Å²) >= 11 is 0. The maximum Gasteiger partial charge on any atom is 0.586 e. The molecule has 2 atom stereocenters. The Balaban J connectivity index is 1.28. The van der Waals surface area contributed by atoms with Gasteiger partial charge in [0.1, 0.15) is 17.1 Å². The van der Waals surface area contributed by atoms with E-state index in [9.17, 15) is 36.3 Å². The zero-order valence-electron chi connectivity index (χ0n) is 25.9. The van der Waals surface area contributed by atoms with Gasteiger partial charge in [-0.2, -0.15) is 13.2 Å². The second-order valence-corrected chi connectivity index (χ2v) is 12.4. The van der Waals surface area contributed by atoms with Crippen molar-refractivity contribution in [3.8, 4) is 17.2 Å². The predicted octanol–water partition coefficient (Wildman–Crippen LogP) is 5.18. The van der Waals surface area contributed by atoms with Gasteiger partial charge in [-0.05, 0) is 57.1 Å². The number of carbonyl (C=O) groups is 3. The molecule has 0 unspecified atom stereocenters. The fourth-order valence-electron chi connectivity index (χ4n) is 6.84. The van der Waals surface area contributed by atoms with Crippen LogP contribution >= 0.6 is 0 Å². The summed E-state index contributed by atoms with van der Waals surface area (Å²) < 4.78 is 93.7. The zero-order valence-corrected chi connectivity index (χ0v) is 25.9. The molecule has 2 aromatic rings. The first-order chi connectivity index (χ1) is 22.7. The van der Waals surface area contributed by atoms with Gasteiger partial charge in [-0.15, -0.1) is 8.78 Å². The number of nitrogens with one attached hydrogen (secondary N) is 3. The van der Waals surface area contributed by atoms with Crippen LogP contribution in [0.1, 0.15) is 72.1 Å². The number of pyridine rings is 1. The molecule has 3 N–H and O–H groups in total. The number of amides is 2. The van der Waals surface area contributed by atoms with E-state index in [1.54, 1.807) is 0 Å². The van der Waals surface area contributed by atoms with Gasteiger partial charge >= 0.3 is 18.4 Å². The van der Waals surface area contributed by atoms with Crippen LogP contribution in [-0.2, 0) is 14.3 Å². The number of nitrogens with zero attached hydrogens (tertiary/aromatic N) is 1. The molecule has 2 aliphatic carbocycles. The minimum absolute atomic E-state index is 0.0392. The molecule has 48 heavy (non-hydrogen) atoms. The molecule has 0 spiro atoms. The maximum atomic E-state index is 14.0. The fourth-order valence-corrected chi connectivity index (χ4v) is 6.84. The first-order valence-electron chi connectivity index (χ1n) is 15.3. The number of rotatable bonds is 8. The van der Waals surface area contributed by atoms with E-state index >= 15 is 0 Å². The van der Waals surface area contributed by atoms with Gasteiger partial charge < -0.3 is 39.6 Å². The Morgan fingerprint density at radius 1 is 1.00 bits per heavy atom. The lowest BCUT2D eigenvalue weighted by atomic mass is 9.70. The molecule has 2 saturated heterocycles. The zero-order chi connectivity index (χ0) is 34.5. The van der Waals surface area contributed by atoms with Crippen molar-refractivity contribution in [1.29, 1.82) is 0 Å². The van der Waals surface area contributed by atoms with Crippen molar-refractivity contribution in [2.45, 2.75) is 81.0 Å². The Labute approximate surface area is 271 Å². The van der Waals surface area contributed by atoms with Gasteiger partial charge in [0.2, 0.25) is 0 Å². The van der Waals surface area contributed by atoms with E-state index in [1.807, 2.05) is 0 Å². The Kier molecular flexibility index (Phi) is 8.54. The molecule has 5 aliphatic rings. The average molecular weight is 685 g/mol. The van der Waals surface area contributed by atoms with Crippen LogP contribution < -0.4 is 30.2 Å². The Bertz CT molecular complexity index is 1600. The van der Waals surface area contributed by atoms with Crippen molar-refractivity contribution < 1.29 is 60.0 Å². The molecule has 1 aromatic carbocycles. The summed E-state index contributed by atoms with van der Waals surface area (Å²) in [5.74, 6) is -3.15. The van der Waals surface area contributed by atoms with E-state index in [2.05, 4.69) is 30.4 Å². The topological polar surface area (TPSA) is 146 Å². The molecule has 4 fully saturated rings. The van der Waals surface area contributed by atoms with Crippen LogP contribution in [0.15, 0.2) is 24.4 Å². The van der Waals surface area contributed by atoms with Gasteiger partial charge in [0.25, 0.3) is 11.8 Å². The van der Waals surface area contributed by atoms with Crippen LogP contribution in [0.5, 0.6) is 17.2 Å². The lowest BCUT2D eigenvalue weighted by Crippen LogP contribution is -2.66. The number of esters is 1. The number of anilines is 2. The van der Waals surface area contributed by atoms with Gasteiger partial charge in [0.15, 0.2) is 17.1 Å². The predicted molar refractivity (Wildman–Crippen MR) is 156 cm³/mol. The molecule has 0 radical (unpaired) electrons. The number of hydrogen-bond acceptors (Lipinski definition) is 10. The number of alkyl halides is 5. The SMILES string of the molecule is COC(=O)[C@H]1CCC[C@@H](Nc2nccc(OC)c2C(=O)Nc2cc3c(cc2C(=O)NC24CCC(C(F)(F)F)(CC2)OC4)OC(F)(F)O3)C1. The maximum absolute atomic E-state index is 14.0. The molecule has 4 heterocycles. The normalized spacial score (nSPS) is 27.1. The number of hydrogen-bond donors (Lipinski definition) is 3. The van der Waals surface area contributed by atoms with Crippen molar-refractivity contribution in [3.05, 3.63) is 35.5 Å². The minimum atomic E-state index is -4.58. The molecule has 17 heteroatoms. The fraction of sp³-hybridized carbons (Fsp3) is 0.548. The van der Waals surface area contributed by atoms with E-state index in [1.165, 1.54) is 26.5 Å². The summed E-state index contributed by atoms with van der Waals surface area (Å²) in [5, 5.41) is 8.48. The van der Waals surface area contributed by atoms with E-state index < -0.39 is 53.5 Å². The number of methoxy groups -OCH3 is 2. The molecule has 2 saturated carbocycles. The number of carbonyl (C=O) groups excluding carboxylic acids is 3. The van der Waals surface area contributed by atoms with Crippen molar-refractivity contribution in [1.82, 2.24) is 10.3 Å². The van der Waals surface area contributed by atoms with Crippen LogP contribution in [0.4, 0.5) is 33.5 Å². The molecule has 2 bridgehead atoms. The first-order valence-corrected chi connectivity index (χ1v) is 15.3. The number of halogens is 5. The van der Waals surface area contributed by atoms with Crippen molar-refractivity contribution in [3.63, 3.8) is 0 Å². The third-order valence-corrected chi connectivity index (χ3v) is 9.48. The molecule has 260 valence electrons. The van der Waals surface area contributed by atoms with E-state index in [0.29, 0.717) is 25.7 Å². The third-order valence-electron chi connectivity index (χ3n) is 9.48. The van der Waals surface area contributed by atoms with E-state index in [4.69, 9.17) is 14.2 Å². The summed E-state index contributed by atoms with van der Waals surface area (Å²) in [6, 6.07) is 3.12. The highest BCUT2D eigenvalue weighted by Crippen LogP contribution is 2.52. The molecule has 7 rings (SSSR count).